The molecule has 7 heteroatoms. The van der Waals surface area contributed by atoms with Gasteiger partial charge in [0.2, 0.25) is 10.0 Å². The van der Waals surface area contributed by atoms with Gasteiger partial charge in [-0.05, 0) is 25.1 Å². The zero-order valence-electron chi connectivity index (χ0n) is 10.2. The van der Waals surface area contributed by atoms with Crippen LogP contribution in [0, 0.1) is 0 Å². The number of thioether (sulfide) groups is 1. The molecule has 0 spiro atoms. The standard InChI is InChI=1S/C11H17N3O2S2/c1-8-7-17-5-4-14(8)11-6-9(18(13,15)16)2-3-10(11)12/h2-3,6,8H,4-5,7,12H2,1H3,(H2,13,15,16). The van der Waals surface area contributed by atoms with Gasteiger partial charge in [-0.2, -0.15) is 11.8 Å². The van der Waals surface area contributed by atoms with Gasteiger partial charge in [0.1, 0.15) is 0 Å². The van der Waals surface area contributed by atoms with Crippen molar-refractivity contribution in [3.05, 3.63) is 18.2 Å². The molecular formula is C11H17N3O2S2. The average Bonchev–Trinajstić information content (AvgIpc) is 2.29. The molecular weight excluding hydrogens is 270 g/mol. The predicted molar refractivity (Wildman–Crippen MR) is 76.4 cm³/mol. The van der Waals surface area contributed by atoms with E-state index in [2.05, 4.69) is 11.8 Å². The second-order valence-electron chi connectivity index (χ2n) is 4.38. The molecule has 5 nitrogen and oxygen atoms in total. The highest BCUT2D eigenvalue weighted by atomic mass is 32.2. The molecule has 1 unspecified atom stereocenters. The first-order valence-electron chi connectivity index (χ1n) is 5.66. The van der Waals surface area contributed by atoms with Crippen LogP contribution in [0.5, 0.6) is 0 Å². The van der Waals surface area contributed by atoms with Crippen molar-refractivity contribution in [1.29, 1.82) is 0 Å². The molecule has 1 aliphatic rings. The van der Waals surface area contributed by atoms with E-state index >= 15 is 0 Å². The molecule has 2 rings (SSSR count). The summed E-state index contributed by atoms with van der Waals surface area (Å²) in [5, 5.41) is 5.15. The number of nitrogens with zero attached hydrogens (tertiary/aromatic N) is 1. The van der Waals surface area contributed by atoms with Gasteiger partial charge < -0.3 is 10.6 Å². The number of hydrogen-bond donors (Lipinski definition) is 2. The smallest absolute Gasteiger partial charge is 0.238 e. The predicted octanol–water partition coefficient (Wildman–Crippen LogP) is 0.858. The lowest BCUT2D eigenvalue weighted by atomic mass is 10.2. The van der Waals surface area contributed by atoms with Gasteiger partial charge in [-0.25, -0.2) is 13.6 Å². The third-order valence-electron chi connectivity index (χ3n) is 3.01. The quantitative estimate of drug-likeness (QED) is 0.787. The number of nitrogens with two attached hydrogens (primary N) is 2. The summed E-state index contributed by atoms with van der Waals surface area (Å²) in [5.41, 5.74) is 7.28. The summed E-state index contributed by atoms with van der Waals surface area (Å²) >= 11 is 1.89. The molecule has 1 saturated heterocycles. The van der Waals surface area contributed by atoms with Crippen LogP contribution in [0.3, 0.4) is 0 Å². The molecule has 100 valence electrons. The maximum atomic E-state index is 11.4. The van der Waals surface area contributed by atoms with Gasteiger partial charge in [0.25, 0.3) is 0 Å². The fourth-order valence-electron chi connectivity index (χ4n) is 2.03. The third-order valence-corrected chi connectivity index (χ3v) is 5.11. The van der Waals surface area contributed by atoms with Crippen molar-refractivity contribution in [3.63, 3.8) is 0 Å². The lowest BCUT2D eigenvalue weighted by Gasteiger charge is -2.35. The van der Waals surface area contributed by atoms with Gasteiger partial charge in [-0.1, -0.05) is 0 Å². The van der Waals surface area contributed by atoms with Crippen molar-refractivity contribution in [2.24, 2.45) is 5.14 Å². The molecule has 1 aromatic carbocycles. The molecule has 0 aromatic heterocycles. The van der Waals surface area contributed by atoms with Crippen LogP contribution in [0.1, 0.15) is 6.92 Å². The number of nitrogen functional groups attached to an aromatic ring is 1. The zero-order valence-corrected chi connectivity index (χ0v) is 11.8. The molecule has 1 fully saturated rings. The van der Waals surface area contributed by atoms with Gasteiger partial charge in [0.05, 0.1) is 16.3 Å². The van der Waals surface area contributed by atoms with Crippen LogP contribution < -0.4 is 15.8 Å². The number of rotatable bonds is 2. The summed E-state index contributed by atoms with van der Waals surface area (Å²) in [6.07, 6.45) is 0. The molecule has 0 radical (unpaired) electrons. The summed E-state index contributed by atoms with van der Waals surface area (Å²) in [6, 6.07) is 4.94. The second kappa shape index (κ2) is 4.99. The maximum absolute atomic E-state index is 11.4. The van der Waals surface area contributed by atoms with Gasteiger partial charge >= 0.3 is 0 Å². The monoisotopic (exact) mass is 287 g/mol. The lowest BCUT2D eigenvalue weighted by molar-refractivity contribution is 0.597. The van der Waals surface area contributed by atoms with E-state index in [0.29, 0.717) is 11.7 Å². The molecule has 18 heavy (non-hydrogen) atoms. The van der Waals surface area contributed by atoms with Crippen LogP contribution in [0.15, 0.2) is 23.1 Å². The fraction of sp³-hybridized carbons (Fsp3) is 0.455. The number of anilines is 2. The van der Waals surface area contributed by atoms with Gasteiger partial charge in [-0.3, -0.25) is 0 Å². The Morgan fingerprint density at radius 1 is 1.44 bits per heavy atom. The largest absolute Gasteiger partial charge is 0.397 e. The summed E-state index contributed by atoms with van der Waals surface area (Å²) in [4.78, 5) is 2.25. The minimum Gasteiger partial charge on any atom is -0.397 e. The lowest BCUT2D eigenvalue weighted by Crippen LogP contribution is -2.40. The van der Waals surface area contributed by atoms with E-state index in [4.69, 9.17) is 10.9 Å². The number of benzene rings is 1. The normalized spacial score (nSPS) is 21.0. The number of primary sulfonamides is 1. The van der Waals surface area contributed by atoms with Crippen molar-refractivity contribution in [2.75, 3.05) is 28.7 Å². The third kappa shape index (κ3) is 2.73. The summed E-state index contributed by atoms with van der Waals surface area (Å²) in [7, 11) is -3.69. The van der Waals surface area contributed by atoms with Crippen molar-refractivity contribution in [3.8, 4) is 0 Å². The average molecular weight is 287 g/mol. The summed E-state index contributed by atoms with van der Waals surface area (Å²) in [6.45, 7) is 2.97. The number of hydrogen-bond acceptors (Lipinski definition) is 5. The molecule has 1 aliphatic heterocycles. The van der Waals surface area contributed by atoms with Crippen LogP contribution >= 0.6 is 11.8 Å². The van der Waals surface area contributed by atoms with Crippen LogP contribution in [-0.4, -0.2) is 32.5 Å². The molecule has 0 bridgehead atoms. The van der Waals surface area contributed by atoms with E-state index in [0.717, 1.165) is 23.7 Å². The minimum atomic E-state index is -3.69. The van der Waals surface area contributed by atoms with Gasteiger partial charge in [0.15, 0.2) is 0 Å². The second-order valence-corrected chi connectivity index (χ2v) is 7.09. The Morgan fingerprint density at radius 2 is 2.17 bits per heavy atom. The minimum absolute atomic E-state index is 0.108. The highest BCUT2D eigenvalue weighted by molar-refractivity contribution is 7.99. The Hall–Kier alpha value is -0.920. The molecule has 0 saturated carbocycles. The Bertz CT molecular complexity index is 545. The van der Waals surface area contributed by atoms with E-state index in [1.165, 1.54) is 6.07 Å². The highest BCUT2D eigenvalue weighted by Crippen LogP contribution is 2.30. The van der Waals surface area contributed by atoms with Crippen molar-refractivity contribution in [1.82, 2.24) is 0 Å². The first kappa shape index (κ1) is 13.5. The Morgan fingerprint density at radius 3 is 2.78 bits per heavy atom. The summed E-state index contributed by atoms with van der Waals surface area (Å²) < 4.78 is 22.8. The Balaban J connectivity index is 2.43. The molecule has 4 N–H and O–H groups in total. The van der Waals surface area contributed by atoms with E-state index in [-0.39, 0.29) is 4.90 Å². The van der Waals surface area contributed by atoms with E-state index < -0.39 is 10.0 Å². The van der Waals surface area contributed by atoms with E-state index in [9.17, 15) is 8.42 Å². The topological polar surface area (TPSA) is 89.4 Å². The van der Waals surface area contributed by atoms with Crippen LogP contribution in [-0.2, 0) is 10.0 Å². The zero-order chi connectivity index (χ0) is 13.3. The highest BCUT2D eigenvalue weighted by Gasteiger charge is 2.22. The first-order chi connectivity index (χ1) is 8.39. The van der Waals surface area contributed by atoms with Gasteiger partial charge in [-0.15, -0.1) is 0 Å². The summed E-state index contributed by atoms with van der Waals surface area (Å²) in [5.74, 6) is 2.03. The molecule has 1 aromatic rings. The SMILES string of the molecule is CC1CSCCN1c1cc(S(N)(=O)=O)ccc1N. The van der Waals surface area contributed by atoms with Crippen LogP contribution in [0.4, 0.5) is 11.4 Å². The van der Waals surface area contributed by atoms with Gasteiger partial charge in [0, 0.05) is 24.1 Å². The van der Waals surface area contributed by atoms with Crippen molar-refractivity contribution >= 4 is 33.2 Å². The fourth-order valence-corrected chi connectivity index (χ4v) is 3.58. The Labute approximate surface area is 112 Å². The molecule has 0 amide bonds. The molecule has 1 heterocycles. The number of sulfonamides is 1. The van der Waals surface area contributed by atoms with Crippen LogP contribution in [0.25, 0.3) is 0 Å². The molecule has 0 aliphatic carbocycles. The van der Waals surface area contributed by atoms with Crippen LogP contribution in [0.2, 0.25) is 0 Å². The molecule has 1 atom stereocenters. The maximum Gasteiger partial charge on any atom is 0.238 e. The van der Waals surface area contributed by atoms with Crippen molar-refractivity contribution < 1.29 is 8.42 Å². The van der Waals surface area contributed by atoms with Crippen molar-refractivity contribution in [2.45, 2.75) is 17.9 Å². The van der Waals surface area contributed by atoms with E-state index in [1.54, 1.807) is 12.1 Å². The Kier molecular flexibility index (Phi) is 3.74. The van der Waals surface area contributed by atoms with E-state index in [1.807, 2.05) is 11.8 Å². The first-order valence-corrected chi connectivity index (χ1v) is 8.36.